The number of methoxy groups -OCH3 is 2. The molecular formula is C16H27IN4O3. The molecule has 136 valence electrons. The Bertz CT molecular complexity index is 571. The summed E-state index contributed by atoms with van der Waals surface area (Å²) in [5, 5.41) is 5.78. The topological polar surface area (TPSA) is 98.0 Å². The number of nitrogens with two attached hydrogens (primary N) is 1. The zero-order valence-corrected chi connectivity index (χ0v) is 17.1. The fraction of sp³-hybridized carbons (Fsp3) is 0.500. The van der Waals surface area contributed by atoms with Crippen LogP contribution < -0.4 is 25.8 Å². The Morgan fingerprint density at radius 2 is 1.83 bits per heavy atom. The average molecular weight is 450 g/mol. The minimum atomic E-state index is -0.410. The maximum absolute atomic E-state index is 11.7. The van der Waals surface area contributed by atoms with Crippen LogP contribution in [0.5, 0.6) is 11.5 Å². The highest BCUT2D eigenvalue weighted by molar-refractivity contribution is 14.0. The first-order valence-electron chi connectivity index (χ1n) is 7.35. The van der Waals surface area contributed by atoms with Crippen molar-refractivity contribution >= 4 is 41.5 Å². The van der Waals surface area contributed by atoms with E-state index in [2.05, 4.69) is 15.6 Å². The predicted molar refractivity (Wildman–Crippen MR) is 108 cm³/mol. The van der Waals surface area contributed by atoms with Crippen LogP contribution >= 0.6 is 24.0 Å². The maximum atomic E-state index is 11.7. The molecule has 24 heavy (non-hydrogen) atoms. The quantitative estimate of drug-likeness (QED) is 0.267. The largest absolute Gasteiger partial charge is 0.493 e. The third-order valence-corrected chi connectivity index (χ3v) is 3.02. The highest BCUT2D eigenvalue weighted by Crippen LogP contribution is 2.29. The lowest BCUT2D eigenvalue weighted by Gasteiger charge is -2.17. The number of benzene rings is 1. The van der Waals surface area contributed by atoms with Crippen LogP contribution in [0.15, 0.2) is 23.2 Å². The predicted octanol–water partition coefficient (Wildman–Crippen LogP) is 2.21. The summed E-state index contributed by atoms with van der Waals surface area (Å²) < 4.78 is 10.4. The Labute approximate surface area is 160 Å². The van der Waals surface area contributed by atoms with E-state index in [1.165, 1.54) is 0 Å². The van der Waals surface area contributed by atoms with Gasteiger partial charge in [0.1, 0.15) is 0 Å². The van der Waals surface area contributed by atoms with Gasteiger partial charge in [-0.25, -0.2) is 0 Å². The molecule has 4 N–H and O–H groups in total. The van der Waals surface area contributed by atoms with Crippen LogP contribution in [0.4, 0.5) is 5.69 Å². The molecular weight excluding hydrogens is 423 g/mol. The lowest BCUT2D eigenvalue weighted by atomic mass is 9.96. The molecule has 8 heteroatoms. The average Bonchev–Trinajstić information content (AvgIpc) is 2.50. The summed E-state index contributed by atoms with van der Waals surface area (Å²) in [4.78, 5) is 15.9. The van der Waals surface area contributed by atoms with Crippen LogP contribution in [0.2, 0.25) is 0 Å². The highest BCUT2D eigenvalue weighted by Gasteiger charge is 2.20. The molecule has 0 aliphatic rings. The minimum Gasteiger partial charge on any atom is -0.493 e. The molecule has 0 unspecified atom stereocenters. The van der Waals surface area contributed by atoms with Crippen molar-refractivity contribution in [3.8, 4) is 11.5 Å². The molecule has 0 saturated carbocycles. The van der Waals surface area contributed by atoms with Gasteiger partial charge < -0.3 is 25.8 Å². The minimum absolute atomic E-state index is 0. The van der Waals surface area contributed by atoms with E-state index in [0.717, 1.165) is 5.69 Å². The number of guanidine groups is 1. The molecule has 1 amide bonds. The molecule has 7 nitrogen and oxygen atoms in total. The van der Waals surface area contributed by atoms with Gasteiger partial charge in [0.25, 0.3) is 0 Å². The Morgan fingerprint density at radius 1 is 1.21 bits per heavy atom. The maximum Gasteiger partial charge on any atom is 0.225 e. The lowest BCUT2D eigenvalue weighted by Crippen LogP contribution is -2.36. The van der Waals surface area contributed by atoms with E-state index >= 15 is 0 Å². The Hall–Kier alpha value is -1.71. The Morgan fingerprint density at radius 3 is 2.38 bits per heavy atom. The first-order valence-corrected chi connectivity index (χ1v) is 7.35. The molecule has 0 aliphatic heterocycles. The van der Waals surface area contributed by atoms with E-state index in [1.807, 2.05) is 26.8 Å². The molecule has 1 aromatic carbocycles. The molecule has 0 aliphatic carbocycles. The first kappa shape index (κ1) is 22.3. The third-order valence-electron chi connectivity index (χ3n) is 3.02. The summed E-state index contributed by atoms with van der Waals surface area (Å²) in [6.07, 6.45) is 0. The molecule has 0 radical (unpaired) electrons. The molecule has 0 fully saturated rings. The number of ether oxygens (including phenoxy) is 2. The molecule has 1 aromatic rings. The van der Waals surface area contributed by atoms with Gasteiger partial charge in [-0.2, -0.15) is 0 Å². The van der Waals surface area contributed by atoms with E-state index in [9.17, 15) is 4.79 Å². The van der Waals surface area contributed by atoms with Crippen molar-refractivity contribution in [2.45, 2.75) is 20.8 Å². The fourth-order valence-corrected chi connectivity index (χ4v) is 1.71. The van der Waals surface area contributed by atoms with Crippen molar-refractivity contribution in [1.82, 2.24) is 5.32 Å². The van der Waals surface area contributed by atoms with Gasteiger partial charge in [0.2, 0.25) is 5.91 Å². The number of aliphatic imine (C=N–C) groups is 1. The van der Waals surface area contributed by atoms with Crippen molar-refractivity contribution in [3.63, 3.8) is 0 Å². The number of halogens is 1. The van der Waals surface area contributed by atoms with E-state index in [4.69, 9.17) is 15.2 Å². The van der Waals surface area contributed by atoms with E-state index in [-0.39, 0.29) is 35.8 Å². The molecule has 0 spiro atoms. The van der Waals surface area contributed by atoms with Crippen molar-refractivity contribution in [1.29, 1.82) is 0 Å². The molecule has 0 heterocycles. The number of carbonyl (C=O) groups is 1. The highest BCUT2D eigenvalue weighted by atomic mass is 127. The van der Waals surface area contributed by atoms with Gasteiger partial charge in [0.15, 0.2) is 17.5 Å². The normalized spacial score (nSPS) is 11.3. The van der Waals surface area contributed by atoms with Crippen molar-refractivity contribution in [3.05, 3.63) is 18.2 Å². The SMILES string of the molecule is COc1ccc(NC(N)=NCCNC(=O)C(C)(C)C)cc1OC.I. The number of nitrogens with zero attached hydrogens (tertiary/aromatic N) is 1. The molecule has 0 saturated heterocycles. The fourth-order valence-electron chi connectivity index (χ4n) is 1.71. The lowest BCUT2D eigenvalue weighted by molar-refractivity contribution is -0.128. The monoisotopic (exact) mass is 450 g/mol. The summed E-state index contributed by atoms with van der Waals surface area (Å²) in [6.45, 7) is 6.41. The van der Waals surface area contributed by atoms with E-state index in [1.54, 1.807) is 26.4 Å². The van der Waals surface area contributed by atoms with Gasteiger partial charge in [-0.3, -0.25) is 9.79 Å². The summed E-state index contributed by atoms with van der Waals surface area (Å²) in [7, 11) is 3.14. The summed E-state index contributed by atoms with van der Waals surface area (Å²) in [6, 6.07) is 5.35. The van der Waals surface area contributed by atoms with Crippen molar-refractivity contribution in [2.75, 3.05) is 32.6 Å². The van der Waals surface area contributed by atoms with Crippen LogP contribution in [-0.2, 0) is 4.79 Å². The van der Waals surface area contributed by atoms with Crippen LogP contribution in [0.25, 0.3) is 0 Å². The van der Waals surface area contributed by atoms with Gasteiger partial charge in [0.05, 0.1) is 20.8 Å². The standard InChI is InChI=1S/C16H26N4O3.HI/c1-16(2,3)14(21)18-8-9-19-15(17)20-11-6-7-12(22-4)13(10-11)23-5;/h6-7,10H,8-9H2,1-5H3,(H,18,21)(H3,17,19,20);1H. The van der Waals surface area contributed by atoms with Gasteiger partial charge in [-0.15, -0.1) is 24.0 Å². The van der Waals surface area contributed by atoms with Crippen molar-refractivity contribution in [2.24, 2.45) is 16.1 Å². The van der Waals surface area contributed by atoms with Crippen LogP contribution in [0.3, 0.4) is 0 Å². The number of hydrogen-bond acceptors (Lipinski definition) is 4. The number of anilines is 1. The second-order valence-electron chi connectivity index (χ2n) is 5.97. The van der Waals surface area contributed by atoms with Gasteiger partial charge in [-0.05, 0) is 12.1 Å². The number of rotatable bonds is 6. The zero-order valence-electron chi connectivity index (χ0n) is 14.8. The number of carbonyl (C=O) groups excluding carboxylic acids is 1. The van der Waals surface area contributed by atoms with Crippen LogP contribution in [0, 0.1) is 5.41 Å². The van der Waals surface area contributed by atoms with Gasteiger partial charge >= 0.3 is 0 Å². The van der Waals surface area contributed by atoms with Gasteiger partial charge in [-0.1, -0.05) is 20.8 Å². The van der Waals surface area contributed by atoms with Gasteiger partial charge in [0, 0.05) is 23.7 Å². The number of nitrogens with one attached hydrogen (secondary N) is 2. The Balaban J connectivity index is 0.00000529. The van der Waals surface area contributed by atoms with Crippen LogP contribution in [0.1, 0.15) is 20.8 Å². The van der Waals surface area contributed by atoms with Crippen molar-refractivity contribution < 1.29 is 14.3 Å². The Kier molecular flexibility index (Phi) is 9.49. The summed E-state index contributed by atoms with van der Waals surface area (Å²) in [5.41, 5.74) is 6.15. The zero-order chi connectivity index (χ0) is 17.5. The molecule has 1 rings (SSSR count). The summed E-state index contributed by atoms with van der Waals surface area (Å²) in [5.74, 6) is 1.49. The second kappa shape index (κ2) is 10.2. The molecule has 0 atom stereocenters. The third kappa shape index (κ3) is 7.24. The smallest absolute Gasteiger partial charge is 0.225 e. The van der Waals surface area contributed by atoms with E-state index < -0.39 is 5.41 Å². The van der Waals surface area contributed by atoms with E-state index in [0.29, 0.717) is 24.6 Å². The summed E-state index contributed by atoms with van der Waals surface area (Å²) >= 11 is 0. The number of hydrogen-bond donors (Lipinski definition) is 3. The molecule has 0 bridgehead atoms. The molecule has 0 aromatic heterocycles. The second-order valence-corrected chi connectivity index (χ2v) is 5.97. The first-order chi connectivity index (χ1) is 10.8. The number of amides is 1. The van der Waals surface area contributed by atoms with Crippen LogP contribution in [-0.4, -0.2) is 39.2 Å².